The van der Waals surface area contributed by atoms with Crippen LogP contribution in [-0.4, -0.2) is 44.7 Å². The van der Waals surface area contributed by atoms with Crippen LogP contribution in [0.3, 0.4) is 0 Å². The third kappa shape index (κ3) is 7.36. The molecule has 1 unspecified atom stereocenters. The Kier molecular flexibility index (Phi) is 8.99. The van der Waals surface area contributed by atoms with Crippen LogP contribution in [0.1, 0.15) is 39.0 Å². The van der Waals surface area contributed by atoms with E-state index < -0.39 is 21.9 Å². The van der Waals surface area contributed by atoms with Crippen molar-refractivity contribution in [2.24, 2.45) is 10.3 Å². The number of carbonyl (C=O) groups is 1. The maximum Gasteiger partial charge on any atom is 0.344 e. The summed E-state index contributed by atoms with van der Waals surface area (Å²) in [5.74, 6) is -0.707. The quantitative estimate of drug-likeness (QED) is 0.282. The molecule has 168 valence electrons. The summed E-state index contributed by atoms with van der Waals surface area (Å²) in [6, 6.07) is 11.9. The Bertz CT molecular complexity index is 971. The van der Waals surface area contributed by atoms with Crippen LogP contribution >= 0.6 is 0 Å². The molecule has 0 radical (unpaired) electrons. The first-order chi connectivity index (χ1) is 14.7. The Hall–Kier alpha value is -2.94. The summed E-state index contributed by atoms with van der Waals surface area (Å²) >= 11 is 0. The average Bonchev–Trinajstić information content (AvgIpc) is 2.75. The van der Waals surface area contributed by atoms with Gasteiger partial charge in [0.05, 0.1) is 15.5 Å². The Labute approximate surface area is 183 Å². The molecule has 0 aliphatic carbocycles. The fourth-order valence-corrected chi connectivity index (χ4v) is 4.08. The van der Waals surface area contributed by atoms with Gasteiger partial charge in [-0.3, -0.25) is 5.01 Å². The first-order valence-corrected chi connectivity index (χ1v) is 11.7. The smallest absolute Gasteiger partial charge is 0.344 e. The van der Waals surface area contributed by atoms with Gasteiger partial charge < -0.3 is 9.84 Å². The maximum atomic E-state index is 12.9. The van der Waals surface area contributed by atoms with Gasteiger partial charge in [0, 0.05) is 14.1 Å². The number of carboxylic acid groups (broad SMARTS) is 1. The van der Waals surface area contributed by atoms with Gasteiger partial charge in [-0.1, -0.05) is 31.4 Å². The second kappa shape index (κ2) is 11.5. The lowest BCUT2D eigenvalue weighted by molar-refractivity contribution is -0.145. The van der Waals surface area contributed by atoms with Crippen molar-refractivity contribution >= 4 is 21.5 Å². The van der Waals surface area contributed by atoms with Crippen molar-refractivity contribution in [3.63, 3.8) is 0 Å². The van der Waals surface area contributed by atoms with Crippen LogP contribution in [0.4, 0.5) is 5.69 Å². The van der Waals surface area contributed by atoms with Crippen LogP contribution < -0.4 is 4.74 Å². The number of hydrogen-bond acceptors (Lipinski definition) is 6. The van der Waals surface area contributed by atoms with E-state index >= 15 is 0 Å². The van der Waals surface area contributed by atoms with E-state index in [1.54, 1.807) is 26.2 Å². The highest BCUT2D eigenvalue weighted by Gasteiger charge is 2.21. The number of carboxylic acids is 1. The second-order valence-corrected chi connectivity index (χ2v) is 9.25. The van der Waals surface area contributed by atoms with E-state index in [0.717, 1.165) is 25.7 Å². The standard InChI is InChI=1S/C22H29N3O5S/c1-4-5-6-7-8-21(22(26)27)30-18-11-15-20(16-12-18)31(28,29)19-13-9-17(10-14-19)23-24-25(2)3/h9-16,21H,4-8H2,1-3H3,(H,26,27). The van der Waals surface area contributed by atoms with Crippen LogP contribution in [0.15, 0.2) is 68.7 Å². The minimum Gasteiger partial charge on any atom is -0.479 e. The molecule has 0 spiro atoms. The van der Waals surface area contributed by atoms with Crippen molar-refractivity contribution in [2.75, 3.05) is 14.1 Å². The predicted octanol–water partition coefficient (Wildman–Crippen LogP) is 4.88. The SMILES string of the molecule is CCCCCCC(Oc1ccc(S(=O)(=O)c2ccc(N=NN(C)C)cc2)cc1)C(=O)O. The molecule has 0 saturated carbocycles. The Morgan fingerprint density at radius 1 is 1.00 bits per heavy atom. The van der Waals surface area contributed by atoms with Crippen molar-refractivity contribution in [3.8, 4) is 5.75 Å². The van der Waals surface area contributed by atoms with Gasteiger partial charge in [0.25, 0.3) is 0 Å². The molecule has 1 N–H and O–H groups in total. The number of aliphatic carboxylic acids is 1. The average molecular weight is 448 g/mol. The van der Waals surface area contributed by atoms with Crippen molar-refractivity contribution in [1.29, 1.82) is 0 Å². The summed E-state index contributed by atoms with van der Waals surface area (Å²) in [7, 11) is -0.250. The molecule has 0 aromatic heterocycles. The summed E-state index contributed by atoms with van der Waals surface area (Å²) < 4.78 is 31.3. The third-order valence-electron chi connectivity index (χ3n) is 4.49. The molecule has 0 amide bonds. The summed E-state index contributed by atoms with van der Waals surface area (Å²) in [5.41, 5.74) is 0.537. The molecule has 0 saturated heterocycles. The Balaban J connectivity index is 2.09. The van der Waals surface area contributed by atoms with Crippen LogP contribution in [0.2, 0.25) is 0 Å². The molecule has 9 heteroatoms. The number of sulfone groups is 1. The zero-order chi connectivity index (χ0) is 22.9. The molecule has 2 aromatic carbocycles. The molecule has 8 nitrogen and oxygen atoms in total. The van der Waals surface area contributed by atoms with Gasteiger partial charge in [-0.25, -0.2) is 13.2 Å². The summed E-state index contributed by atoms with van der Waals surface area (Å²) in [6.07, 6.45) is 3.29. The lowest BCUT2D eigenvalue weighted by atomic mass is 10.1. The lowest BCUT2D eigenvalue weighted by Crippen LogP contribution is -2.26. The normalized spacial score (nSPS) is 12.6. The fourth-order valence-electron chi connectivity index (χ4n) is 2.82. The van der Waals surface area contributed by atoms with Crippen LogP contribution in [0.25, 0.3) is 0 Å². The van der Waals surface area contributed by atoms with E-state index in [1.165, 1.54) is 41.4 Å². The monoisotopic (exact) mass is 447 g/mol. The predicted molar refractivity (Wildman–Crippen MR) is 117 cm³/mol. The molecule has 0 aliphatic rings. The fraction of sp³-hybridized carbons (Fsp3) is 0.409. The highest BCUT2D eigenvalue weighted by atomic mass is 32.2. The molecular weight excluding hydrogens is 418 g/mol. The second-order valence-electron chi connectivity index (χ2n) is 7.30. The van der Waals surface area contributed by atoms with Crippen molar-refractivity contribution in [3.05, 3.63) is 48.5 Å². The van der Waals surface area contributed by atoms with Crippen LogP contribution in [-0.2, 0) is 14.6 Å². The Morgan fingerprint density at radius 2 is 1.58 bits per heavy atom. The number of rotatable bonds is 12. The highest BCUT2D eigenvalue weighted by Crippen LogP contribution is 2.26. The molecule has 31 heavy (non-hydrogen) atoms. The van der Waals surface area contributed by atoms with Gasteiger partial charge in [0.1, 0.15) is 5.75 Å². The molecule has 0 aliphatic heterocycles. The van der Waals surface area contributed by atoms with Crippen molar-refractivity contribution in [2.45, 2.75) is 54.9 Å². The van der Waals surface area contributed by atoms with Gasteiger partial charge in [0.15, 0.2) is 6.10 Å². The minimum absolute atomic E-state index is 0.0948. The van der Waals surface area contributed by atoms with Gasteiger partial charge in [-0.05, 0) is 61.4 Å². The van der Waals surface area contributed by atoms with Gasteiger partial charge in [-0.15, -0.1) is 5.11 Å². The van der Waals surface area contributed by atoms with Gasteiger partial charge in [-0.2, -0.15) is 0 Å². The third-order valence-corrected chi connectivity index (χ3v) is 6.28. The number of ether oxygens (including phenoxy) is 1. The zero-order valence-corrected chi connectivity index (χ0v) is 18.9. The van der Waals surface area contributed by atoms with E-state index in [9.17, 15) is 18.3 Å². The lowest BCUT2D eigenvalue weighted by Gasteiger charge is -2.15. The molecule has 1 atom stereocenters. The first-order valence-electron chi connectivity index (χ1n) is 10.2. The van der Waals surface area contributed by atoms with Crippen molar-refractivity contribution < 1.29 is 23.1 Å². The van der Waals surface area contributed by atoms with E-state index in [-0.39, 0.29) is 9.79 Å². The molecule has 2 aromatic rings. The molecule has 0 bridgehead atoms. The first kappa shape index (κ1) is 24.3. The Morgan fingerprint density at radius 3 is 2.10 bits per heavy atom. The molecule has 0 fully saturated rings. The number of hydrogen-bond donors (Lipinski definition) is 1. The van der Waals surface area contributed by atoms with Gasteiger partial charge in [0.2, 0.25) is 9.84 Å². The number of benzene rings is 2. The van der Waals surface area contributed by atoms with Crippen molar-refractivity contribution in [1.82, 2.24) is 5.01 Å². The van der Waals surface area contributed by atoms with Gasteiger partial charge >= 0.3 is 5.97 Å². The zero-order valence-electron chi connectivity index (χ0n) is 18.1. The maximum absolute atomic E-state index is 12.9. The van der Waals surface area contributed by atoms with E-state index in [2.05, 4.69) is 17.3 Å². The topological polar surface area (TPSA) is 109 Å². The van der Waals surface area contributed by atoms with Crippen LogP contribution in [0, 0.1) is 0 Å². The molecule has 2 rings (SSSR count). The number of nitrogens with zero attached hydrogens (tertiary/aromatic N) is 3. The van der Waals surface area contributed by atoms with E-state index in [0.29, 0.717) is 17.9 Å². The van der Waals surface area contributed by atoms with Crippen LogP contribution in [0.5, 0.6) is 5.75 Å². The summed E-state index contributed by atoms with van der Waals surface area (Å²) in [6.45, 7) is 2.09. The number of unbranched alkanes of at least 4 members (excludes halogenated alkanes) is 3. The molecule has 0 heterocycles. The minimum atomic E-state index is -3.72. The largest absolute Gasteiger partial charge is 0.479 e. The van der Waals surface area contributed by atoms with E-state index in [1.807, 2.05) is 0 Å². The summed E-state index contributed by atoms with van der Waals surface area (Å²) in [5, 5.41) is 18.8. The molecular formula is C22H29N3O5S. The highest BCUT2D eigenvalue weighted by molar-refractivity contribution is 7.91. The summed E-state index contributed by atoms with van der Waals surface area (Å²) in [4.78, 5) is 11.7. The van der Waals surface area contributed by atoms with E-state index in [4.69, 9.17) is 4.74 Å².